The lowest BCUT2D eigenvalue weighted by Gasteiger charge is -2.33. The van der Waals surface area contributed by atoms with Crippen LogP contribution in [0.1, 0.15) is 26.3 Å². The Hall–Kier alpha value is -1.03. The van der Waals surface area contributed by atoms with E-state index in [2.05, 4.69) is 20.8 Å². The van der Waals surface area contributed by atoms with Crippen molar-refractivity contribution < 1.29 is 28.1 Å². The van der Waals surface area contributed by atoms with Gasteiger partial charge in [0.1, 0.15) is 26.2 Å². The van der Waals surface area contributed by atoms with Crippen molar-refractivity contribution in [2.75, 3.05) is 65.6 Å². The lowest BCUT2D eigenvalue weighted by molar-refractivity contribution is -0.930. The number of hydrogen-bond donors (Lipinski definition) is 3. The first-order valence-electron chi connectivity index (χ1n) is 10.7. The number of nitrogens with one attached hydrogen (secondary N) is 2. The molecule has 1 aromatic rings. The SMILES string of the molecule is CC(C)(C)c1ccc(S(=O)(=O)N2CC[NH+](C[C@@H](O)C[NH+]3CCOCC3)CC2)cc1. The van der Waals surface area contributed by atoms with E-state index in [0.29, 0.717) is 24.5 Å². The Labute approximate surface area is 175 Å². The van der Waals surface area contributed by atoms with Crippen LogP contribution in [0.4, 0.5) is 0 Å². The van der Waals surface area contributed by atoms with Gasteiger partial charge in [-0.2, -0.15) is 4.31 Å². The standard InChI is InChI=1S/C21H35N3O4S/c1-21(2,3)18-4-6-20(7-5-18)29(26,27)24-10-8-22(9-11-24)16-19(25)17-23-12-14-28-15-13-23/h4-7,19,25H,8-17H2,1-3H3/p+2/t19-/m1/s1. The van der Waals surface area contributed by atoms with Crippen molar-refractivity contribution >= 4 is 10.0 Å². The lowest BCUT2D eigenvalue weighted by atomic mass is 9.87. The Morgan fingerprint density at radius 3 is 2.03 bits per heavy atom. The summed E-state index contributed by atoms with van der Waals surface area (Å²) in [6.07, 6.45) is -0.355. The molecule has 8 heteroatoms. The molecule has 164 valence electrons. The van der Waals surface area contributed by atoms with Gasteiger partial charge in [-0.05, 0) is 23.1 Å². The van der Waals surface area contributed by atoms with Gasteiger partial charge < -0.3 is 19.6 Å². The second-order valence-corrected chi connectivity index (χ2v) is 11.3. The summed E-state index contributed by atoms with van der Waals surface area (Å²) in [5.41, 5.74) is 1.13. The van der Waals surface area contributed by atoms with Crippen molar-refractivity contribution in [2.24, 2.45) is 0 Å². The lowest BCUT2D eigenvalue weighted by Crippen LogP contribution is -3.19. The van der Waals surface area contributed by atoms with Gasteiger partial charge in [0.2, 0.25) is 10.0 Å². The van der Waals surface area contributed by atoms with Crippen LogP contribution in [0.2, 0.25) is 0 Å². The van der Waals surface area contributed by atoms with E-state index in [-0.39, 0.29) is 11.5 Å². The normalized spacial score (nSPS) is 21.9. The Morgan fingerprint density at radius 2 is 1.52 bits per heavy atom. The number of sulfonamides is 1. The summed E-state index contributed by atoms with van der Waals surface area (Å²) < 4.78 is 32.9. The Morgan fingerprint density at radius 1 is 1.00 bits per heavy atom. The summed E-state index contributed by atoms with van der Waals surface area (Å²) in [5.74, 6) is 0. The Balaban J connectivity index is 1.51. The van der Waals surface area contributed by atoms with E-state index in [1.54, 1.807) is 16.4 Å². The molecule has 0 radical (unpaired) electrons. The van der Waals surface area contributed by atoms with Crippen LogP contribution in [0, 0.1) is 0 Å². The number of aliphatic hydroxyl groups is 1. The fourth-order valence-electron chi connectivity index (χ4n) is 4.13. The molecule has 2 aliphatic heterocycles. The number of hydrogen-bond acceptors (Lipinski definition) is 4. The summed E-state index contributed by atoms with van der Waals surface area (Å²) in [7, 11) is -3.46. The molecule has 0 unspecified atom stereocenters. The van der Waals surface area contributed by atoms with Gasteiger partial charge in [0.15, 0.2) is 6.10 Å². The Bertz CT molecular complexity index is 747. The van der Waals surface area contributed by atoms with E-state index in [1.807, 2.05) is 12.1 Å². The summed E-state index contributed by atoms with van der Waals surface area (Å²) in [6, 6.07) is 7.28. The topological polar surface area (TPSA) is 75.7 Å². The summed E-state index contributed by atoms with van der Waals surface area (Å²) in [4.78, 5) is 3.03. The van der Waals surface area contributed by atoms with Crippen molar-refractivity contribution in [1.82, 2.24) is 4.31 Å². The monoisotopic (exact) mass is 427 g/mol. The third-order valence-electron chi connectivity index (χ3n) is 6.04. The quantitative estimate of drug-likeness (QED) is 0.498. The molecule has 0 saturated carbocycles. The zero-order valence-corrected chi connectivity index (χ0v) is 18.8. The molecular weight excluding hydrogens is 390 g/mol. The maximum atomic E-state index is 13.0. The van der Waals surface area contributed by atoms with Gasteiger partial charge in [0.05, 0.1) is 44.3 Å². The van der Waals surface area contributed by atoms with Gasteiger partial charge in [-0.3, -0.25) is 0 Å². The first-order valence-corrected chi connectivity index (χ1v) is 12.1. The van der Waals surface area contributed by atoms with Crippen molar-refractivity contribution in [3.8, 4) is 0 Å². The highest BCUT2D eigenvalue weighted by Crippen LogP contribution is 2.24. The molecular formula is C21H37N3O4S+2. The van der Waals surface area contributed by atoms with Gasteiger partial charge in [-0.1, -0.05) is 32.9 Å². The highest BCUT2D eigenvalue weighted by molar-refractivity contribution is 7.89. The maximum absolute atomic E-state index is 13.0. The second kappa shape index (κ2) is 9.41. The molecule has 2 aliphatic rings. The number of morpholine rings is 1. The average Bonchev–Trinajstić information content (AvgIpc) is 2.68. The van der Waals surface area contributed by atoms with Crippen molar-refractivity contribution in [2.45, 2.75) is 37.2 Å². The highest BCUT2D eigenvalue weighted by Gasteiger charge is 2.32. The molecule has 1 aromatic carbocycles. The van der Waals surface area contributed by atoms with Gasteiger partial charge >= 0.3 is 0 Å². The molecule has 2 fully saturated rings. The predicted octanol–water partition coefficient (Wildman–Crippen LogP) is -1.85. The zero-order chi connectivity index (χ0) is 21.1. The van der Waals surface area contributed by atoms with E-state index < -0.39 is 10.0 Å². The van der Waals surface area contributed by atoms with E-state index in [0.717, 1.165) is 51.5 Å². The van der Waals surface area contributed by atoms with E-state index in [4.69, 9.17) is 4.74 Å². The van der Waals surface area contributed by atoms with Crippen LogP contribution < -0.4 is 9.80 Å². The maximum Gasteiger partial charge on any atom is 0.243 e. The van der Waals surface area contributed by atoms with Gasteiger partial charge in [-0.15, -0.1) is 0 Å². The van der Waals surface area contributed by atoms with Crippen LogP contribution in [-0.4, -0.2) is 89.5 Å². The molecule has 29 heavy (non-hydrogen) atoms. The molecule has 0 spiro atoms. The number of aliphatic hydroxyl groups excluding tert-OH is 1. The first kappa shape index (κ1) is 22.7. The zero-order valence-electron chi connectivity index (χ0n) is 18.0. The molecule has 0 aromatic heterocycles. The number of quaternary nitrogens is 2. The van der Waals surface area contributed by atoms with Crippen LogP contribution in [0.5, 0.6) is 0 Å². The molecule has 0 amide bonds. The minimum atomic E-state index is -3.46. The second-order valence-electron chi connectivity index (χ2n) is 9.35. The number of ether oxygens (including phenoxy) is 1. The van der Waals surface area contributed by atoms with Crippen molar-refractivity contribution in [1.29, 1.82) is 0 Å². The molecule has 3 rings (SSSR count). The molecule has 7 nitrogen and oxygen atoms in total. The number of nitrogens with zero attached hydrogens (tertiary/aromatic N) is 1. The minimum absolute atomic E-state index is 0.00104. The van der Waals surface area contributed by atoms with Crippen LogP contribution in [0.3, 0.4) is 0 Å². The number of benzene rings is 1. The summed E-state index contributed by atoms with van der Waals surface area (Å²) in [5, 5.41) is 10.4. The molecule has 1 atom stereocenters. The van der Waals surface area contributed by atoms with E-state index in [1.165, 1.54) is 9.80 Å². The van der Waals surface area contributed by atoms with Crippen LogP contribution >= 0.6 is 0 Å². The Kier molecular flexibility index (Phi) is 7.35. The van der Waals surface area contributed by atoms with Crippen LogP contribution in [0.15, 0.2) is 29.2 Å². The van der Waals surface area contributed by atoms with Gasteiger partial charge in [-0.25, -0.2) is 8.42 Å². The smallest absolute Gasteiger partial charge is 0.243 e. The van der Waals surface area contributed by atoms with E-state index >= 15 is 0 Å². The largest absolute Gasteiger partial charge is 0.382 e. The molecule has 3 N–H and O–H groups in total. The number of rotatable bonds is 6. The summed E-state index contributed by atoms with van der Waals surface area (Å²) >= 11 is 0. The predicted molar refractivity (Wildman–Crippen MR) is 112 cm³/mol. The van der Waals surface area contributed by atoms with Crippen LogP contribution in [-0.2, 0) is 20.2 Å². The van der Waals surface area contributed by atoms with Gasteiger partial charge in [0, 0.05) is 0 Å². The number of piperazine rings is 1. The highest BCUT2D eigenvalue weighted by atomic mass is 32.2. The third-order valence-corrected chi connectivity index (χ3v) is 7.95. The molecule has 2 saturated heterocycles. The average molecular weight is 428 g/mol. The van der Waals surface area contributed by atoms with E-state index in [9.17, 15) is 13.5 Å². The molecule has 0 aliphatic carbocycles. The van der Waals surface area contributed by atoms with Crippen LogP contribution in [0.25, 0.3) is 0 Å². The molecule has 0 bridgehead atoms. The van der Waals surface area contributed by atoms with Gasteiger partial charge in [0.25, 0.3) is 0 Å². The summed E-state index contributed by atoms with van der Waals surface area (Å²) in [6.45, 7) is 13.7. The molecule has 2 heterocycles. The fraction of sp³-hybridized carbons (Fsp3) is 0.714. The van der Waals surface area contributed by atoms with Crippen molar-refractivity contribution in [3.05, 3.63) is 29.8 Å². The van der Waals surface area contributed by atoms with Crippen molar-refractivity contribution in [3.63, 3.8) is 0 Å². The first-order chi connectivity index (χ1) is 13.7. The third kappa shape index (κ3) is 5.99. The minimum Gasteiger partial charge on any atom is -0.382 e. The fourth-order valence-corrected chi connectivity index (χ4v) is 5.57.